The molecule has 42 heavy (non-hydrogen) atoms. The van der Waals surface area contributed by atoms with Gasteiger partial charge in [-0.05, 0) is 50.5 Å². The van der Waals surface area contributed by atoms with Crippen LogP contribution in [0.25, 0.3) is 0 Å². The third kappa shape index (κ3) is 12.5. The van der Waals surface area contributed by atoms with E-state index >= 15 is 0 Å². The second-order valence-corrected chi connectivity index (χ2v) is 10.9. The molecule has 2 atom stereocenters. The molecule has 0 fully saturated rings. The van der Waals surface area contributed by atoms with Gasteiger partial charge in [0, 0.05) is 18.6 Å². The van der Waals surface area contributed by atoms with Gasteiger partial charge >= 0.3 is 18.0 Å². The molecule has 1 N–H and O–H groups in total. The number of nitrogens with zero attached hydrogens (tertiary/aromatic N) is 1. The lowest BCUT2D eigenvalue weighted by Crippen LogP contribution is -2.46. The van der Waals surface area contributed by atoms with Gasteiger partial charge in [-0.15, -0.1) is 0 Å². The summed E-state index contributed by atoms with van der Waals surface area (Å²) in [6.07, 6.45) is 2.06. The predicted molar refractivity (Wildman–Crippen MR) is 154 cm³/mol. The number of alkyl carbamates (subject to hydrolysis) is 1. The number of ketones is 1. The summed E-state index contributed by atoms with van der Waals surface area (Å²) in [5, 5.41) is 13.3. The molecule has 11 heteroatoms. The van der Waals surface area contributed by atoms with Gasteiger partial charge in [0.25, 0.3) is 5.69 Å². The number of esters is 2. The van der Waals surface area contributed by atoms with Crippen molar-refractivity contribution in [1.29, 1.82) is 0 Å². The van der Waals surface area contributed by atoms with E-state index in [0.717, 1.165) is 24.8 Å². The molecule has 2 aromatic carbocycles. The minimum Gasteiger partial charge on any atom is -0.460 e. The maximum absolute atomic E-state index is 13.5. The molecule has 228 valence electrons. The smallest absolute Gasteiger partial charge is 0.408 e. The number of rotatable bonds is 16. The van der Waals surface area contributed by atoms with Gasteiger partial charge in [-0.3, -0.25) is 19.7 Å². The van der Waals surface area contributed by atoms with Gasteiger partial charge in [0.05, 0.1) is 4.92 Å². The third-order valence-corrected chi connectivity index (χ3v) is 6.15. The molecule has 0 aromatic heterocycles. The average molecular weight is 585 g/mol. The largest absolute Gasteiger partial charge is 0.460 e. The van der Waals surface area contributed by atoms with E-state index in [4.69, 9.17) is 14.2 Å². The standard InChI is InChI=1S/C31H40N2O9/c1-5-6-7-11-14-25(28(35)40-21-23-15-17-24(18-16-23)33(38)39)27(34)19-26(32-30(37)42-31(2,3)4)29(36)41-20-22-12-9-8-10-13-22/h8-10,12-13,15-18,25-26H,5-7,11,14,19-21H2,1-4H3,(H,32,37)/t25?,26-/m0/s1. The normalized spacial score (nSPS) is 12.5. The SMILES string of the molecule is CCCCCCC(C(=O)C[C@H](NC(=O)OC(C)(C)C)C(=O)OCc1ccccc1)C(=O)OCc1ccc([N+](=O)[O-])cc1. The van der Waals surface area contributed by atoms with Gasteiger partial charge in [-0.25, -0.2) is 9.59 Å². The highest BCUT2D eigenvalue weighted by Gasteiger charge is 2.34. The fraction of sp³-hybridized carbons (Fsp3) is 0.484. The highest BCUT2D eigenvalue weighted by atomic mass is 16.6. The van der Waals surface area contributed by atoms with Crippen molar-refractivity contribution in [2.45, 2.75) is 91.1 Å². The first kappa shape index (κ1) is 33.9. The Kier molecular flexibility index (Phi) is 13.6. The molecule has 0 saturated carbocycles. The summed E-state index contributed by atoms with van der Waals surface area (Å²) in [7, 11) is 0. The van der Waals surface area contributed by atoms with Crippen molar-refractivity contribution < 1.29 is 38.3 Å². The van der Waals surface area contributed by atoms with Gasteiger partial charge in [0.1, 0.15) is 36.6 Å². The zero-order valence-corrected chi connectivity index (χ0v) is 24.6. The third-order valence-electron chi connectivity index (χ3n) is 6.15. The topological polar surface area (TPSA) is 151 Å². The molecular weight excluding hydrogens is 544 g/mol. The summed E-state index contributed by atoms with van der Waals surface area (Å²) < 4.78 is 16.1. The highest BCUT2D eigenvalue weighted by molar-refractivity contribution is 6.01. The number of carbonyl (C=O) groups excluding carboxylic acids is 4. The second-order valence-electron chi connectivity index (χ2n) is 10.9. The minimum absolute atomic E-state index is 0.0713. The van der Waals surface area contributed by atoms with Crippen LogP contribution >= 0.6 is 0 Å². The van der Waals surface area contributed by atoms with Crippen LogP contribution in [-0.4, -0.2) is 40.4 Å². The Morgan fingerprint density at radius 2 is 1.45 bits per heavy atom. The quantitative estimate of drug-likeness (QED) is 0.0642. The average Bonchev–Trinajstić information content (AvgIpc) is 2.94. The summed E-state index contributed by atoms with van der Waals surface area (Å²) in [4.78, 5) is 62.4. The molecule has 0 aliphatic carbocycles. The van der Waals surface area contributed by atoms with Crippen LogP contribution in [0.5, 0.6) is 0 Å². The Balaban J connectivity index is 2.16. The molecule has 11 nitrogen and oxygen atoms in total. The van der Waals surface area contributed by atoms with E-state index in [1.165, 1.54) is 24.3 Å². The fourth-order valence-corrected chi connectivity index (χ4v) is 3.97. The number of unbranched alkanes of at least 4 members (excludes halogenated alkanes) is 3. The zero-order chi connectivity index (χ0) is 31.1. The number of hydrogen-bond acceptors (Lipinski definition) is 9. The maximum atomic E-state index is 13.5. The van der Waals surface area contributed by atoms with Crippen LogP contribution in [0.4, 0.5) is 10.5 Å². The molecule has 0 radical (unpaired) electrons. The van der Waals surface area contributed by atoms with Crippen LogP contribution in [0, 0.1) is 16.0 Å². The number of ether oxygens (including phenoxy) is 3. The fourth-order valence-electron chi connectivity index (χ4n) is 3.97. The molecule has 2 rings (SSSR count). The van der Waals surface area contributed by atoms with Crippen molar-refractivity contribution in [1.82, 2.24) is 5.32 Å². The Hall–Kier alpha value is -4.28. The first-order chi connectivity index (χ1) is 19.9. The van der Waals surface area contributed by atoms with Gasteiger partial charge in [-0.1, -0.05) is 62.9 Å². The van der Waals surface area contributed by atoms with E-state index in [2.05, 4.69) is 5.32 Å². The molecule has 0 bridgehead atoms. The van der Waals surface area contributed by atoms with Gasteiger partial charge in [-0.2, -0.15) is 0 Å². The summed E-state index contributed by atoms with van der Waals surface area (Å²) >= 11 is 0. The van der Waals surface area contributed by atoms with Crippen LogP contribution in [0.2, 0.25) is 0 Å². The van der Waals surface area contributed by atoms with Crippen LogP contribution in [-0.2, 0) is 41.8 Å². The lowest BCUT2D eigenvalue weighted by molar-refractivity contribution is -0.384. The number of Topliss-reactive ketones (excluding diaryl/α,β-unsaturated/α-hetero) is 1. The Bertz CT molecular complexity index is 1190. The molecule has 2 aromatic rings. The summed E-state index contributed by atoms with van der Waals surface area (Å²) in [5.41, 5.74) is 0.282. The van der Waals surface area contributed by atoms with Crippen molar-refractivity contribution in [2.75, 3.05) is 0 Å². The van der Waals surface area contributed by atoms with Gasteiger partial charge < -0.3 is 19.5 Å². The monoisotopic (exact) mass is 584 g/mol. The maximum Gasteiger partial charge on any atom is 0.408 e. The first-order valence-corrected chi connectivity index (χ1v) is 14.0. The number of carbonyl (C=O) groups is 4. The van der Waals surface area contributed by atoms with E-state index in [-0.39, 0.29) is 25.3 Å². The molecule has 0 aliphatic heterocycles. The lowest BCUT2D eigenvalue weighted by Gasteiger charge is -2.23. The molecule has 0 saturated heterocycles. The van der Waals surface area contributed by atoms with Crippen molar-refractivity contribution in [2.24, 2.45) is 5.92 Å². The van der Waals surface area contributed by atoms with Crippen molar-refractivity contribution >= 4 is 29.5 Å². The molecule has 0 aliphatic rings. The van der Waals surface area contributed by atoms with Crippen molar-refractivity contribution in [3.63, 3.8) is 0 Å². The van der Waals surface area contributed by atoms with Crippen LogP contribution in [0.3, 0.4) is 0 Å². The van der Waals surface area contributed by atoms with E-state index in [9.17, 15) is 29.3 Å². The number of benzene rings is 2. The number of nitro benzene ring substituents is 1. The molecule has 0 heterocycles. The molecule has 0 spiro atoms. The van der Waals surface area contributed by atoms with E-state index in [0.29, 0.717) is 12.0 Å². The van der Waals surface area contributed by atoms with Gasteiger partial charge in [0.15, 0.2) is 0 Å². The Labute approximate surface area is 246 Å². The molecule has 1 unspecified atom stereocenters. The Morgan fingerprint density at radius 1 is 0.857 bits per heavy atom. The number of amides is 1. The van der Waals surface area contributed by atoms with E-state index < -0.39 is 52.7 Å². The number of non-ortho nitro benzene ring substituents is 1. The first-order valence-electron chi connectivity index (χ1n) is 14.0. The van der Waals surface area contributed by atoms with Crippen molar-refractivity contribution in [3.05, 3.63) is 75.8 Å². The van der Waals surface area contributed by atoms with Crippen LogP contribution in [0.15, 0.2) is 54.6 Å². The van der Waals surface area contributed by atoms with E-state index in [1.54, 1.807) is 45.0 Å². The van der Waals surface area contributed by atoms with E-state index in [1.807, 2.05) is 13.0 Å². The van der Waals surface area contributed by atoms with Crippen LogP contribution in [0.1, 0.15) is 77.3 Å². The number of hydrogen-bond donors (Lipinski definition) is 1. The molecule has 1 amide bonds. The second kappa shape index (κ2) is 16.9. The zero-order valence-electron chi connectivity index (χ0n) is 24.6. The number of nitro groups is 1. The molecular formula is C31H40N2O9. The predicted octanol–water partition coefficient (Wildman–Crippen LogP) is 5.82. The highest BCUT2D eigenvalue weighted by Crippen LogP contribution is 2.20. The number of nitrogens with one attached hydrogen (secondary N) is 1. The van der Waals surface area contributed by atoms with Crippen molar-refractivity contribution in [3.8, 4) is 0 Å². The van der Waals surface area contributed by atoms with Crippen LogP contribution < -0.4 is 5.32 Å². The van der Waals surface area contributed by atoms with Gasteiger partial charge in [0.2, 0.25) is 0 Å². The summed E-state index contributed by atoms with van der Waals surface area (Å²) in [6, 6.07) is 13.1. The summed E-state index contributed by atoms with van der Waals surface area (Å²) in [6.45, 7) is 6.76. The summed E-state index contributed by atoms with van der Waals surface area (Å²) in [5.74, 6) is -3.38. The minimum atomic E-state index is -1.39. The Morgan fingerprint density at radius 3 is 2.02 bits per heavy atom. The lowest BCUT2D eigenvalue weighted by atomic mass is 9.92.